The van der Waals surface area contributed by atoms with Crippen LogP contribution in [-0.2, 0) is 6.42 Å². The summed E-state index contributed by atoms with van der Waals surface area (Å²) in [7, 11) is 0. The molecule has 94 valence electrons. The van der Waals surface area contributed by atoms with Crippen LogP contribution in [0.25, 0.3) is 0 Å². The van der Waals surface area contributed by atoms with Gasteiger partial charge in [0.25, 0.3) is 0 Å². The van der Waals surface area contributed by atoms with Crippen LogP contribution < -0.4 is 0 Å². The lowest BCUT2D eigenvalue weighted by Gasteiger charge is -2.12. The van der Waals surface area contributed by atoms with Crippen LogP contribution >= 0.6 is 11.6 Å². The average Bonchev–Trinajstić information content (AvgIpc) is 2.41. The lowest BCUT2D eigenvalue weighted by Crippen LogP contribution is -1.97. The second-order valence-electron chi connectivity index (χ2n) is 4.78. The Morgan fingerprint density at radius 3 is 2.39 bits per heavy atom. The first kappa shape index (κ1) is 13.2. The van der Waals surface area contributed by atoms with E-state index in [9.17, 15) is 0 Å². The van der Waals surface area contributed by atoms with E-state index in [1.54, 1.807) is 0 Å². The molecule has 0 aliphatic heterocycles. The van der Waals surface area contributed by atoms with Crippen molar-refractivity contribution in [3.8, 4) is 0 Å². The molecule has 0 heterocycles. The second kappa shape index (κ2) is 6.06. The van der Waals surface area contributed by atoms with Crippen LogP contribution in [-0.4, -0.2) is 0 Å². The van der Waals surface area contributed by atoms with Gasteiger partial charge >= 0.3 is 0 Å². The zero-order valence-corrected chi connectivity index (χ0v) is 11.7. The van der Waals surface area contributed by atoms with Crippen molar-refractivity contribution in [3.05, 3.63) is 70.8 Å². The molecule has 2 aromatic carbocycles. The molecule has 0 spiro atoms. The van der Waals surface area contributed by atoms with E-state index in [1.807, 2.05) is 18.2 Å². The largest absolute Gasteiger partial charge is 0.118 e. The van der Waals surface area contributed by atoms with Gasteiger partial charge in [-0.3, -0.25) is 0 Å². The van der Waals surface area contributed by atoms with Gasteiger partial charge in [0.05, 0.1) is 5.38 Å². The molecular formula is C17H19Cl. The van der Waals surface area contributed by atoms with Crippen molar-refractivity contribution in [3.63, 3.8) is 0 Å². The van der Waals surface area contributed by atoms with Crippen molar-refractivity contribution in [1.82, 2.24) is 0 Å². The normalized spacial score (nSPS) is 12.4. The summed E-state index contributed by atoms with van der Waals surface area (Å²) in [5.74, 6) is 0. The smallest absolute Gasteiger partial charge is 0.0588 e. The van der Waals surface area contributed by atoms with Gasteiger partial charge < -0.3 is 0 Å². The summed E-state index contributed by atoms with van der Waals surface area (Å²) in [5.41, 5.74) is 5.38. The molecule has 0 amide bonds. The van der Waals surface area contributed by atoms with Gasteiger partial charge in [0.1, 0.15) is 0 Å². The fourth-order valence-corrected chi connectivity index (χ4v) is 2.45. The summed E-state index contributed by atoms with van der Waals surface area (Å²) >= 11 is 6.45. The summed E-state index contributed by atoms with van der Waals surface area (Å²) in [6, 6.07) is 16.8. The number of hydrogen-bond acceptors (Lipinski definition) is 0. The topological polar surface area (TPSA) is 0 Å². The van der Waals surface area contributed by atoms with Gasteiger partial charge in [-0.2, -0.15) is 0 Å². The summed E-state index contributed by atoms with van der Waals surface area (Å²) in [4.78, 5) is 0. The second-order valence-corrected chi connectivity index (χ2v) is 5.30. The Kier molecular flexibility index (Phi) is 4.43. The molecule has 1 unspecified atom stereocenters. The minimum absolute atomic E-state index is 0.103. The predicted octanol–water partition coefficient (Wildman–Crippen LogP) is 5.22. The first-order chi connectivity index (χ1) is 8.68. The Balaban J connectivity index is 2.02. The third kappa shape index (κ3) is 3.14. The molecule has 2 rings (SSSR count). The van der Waals surface area contributed by atoms with E-state index in [1.165, 1.54) is 22.3 Å². The van der Waals surface area contributed by atoms with E-state index in [0.29, 0.717) is 0 Å². The highest BCUT2D eigenvalue weighted by molar-refractivity contribution is 6.20. The molecule has 0 nitrogen and oxygen atoms in total. The summed E-state index contributed by atoms with van der Waals surface area (Å²) in [6.45, 7) is 4.35. The Hall–Kier alpha value is -1.27. The Labute approximate surface area is 115 Å². The maximum Gasteiger partial charge on any atom is 0.0588 e. The molecule has 0 fully saturated rings. The monoisotopic (exact) mass is 258 g/mol. The number of halogens is 1. The van der Waals surface area contributed by atoms with Crippen molar-refractivity contribution >= 4 is 11.6 Å². The van der Waals surface area contributed by atoms with E-state index >= 15 is 0 Å². The molecule has 0 N–H and O–H groups in total. The maximum absolute atomic E-state index is 6.45. The zero-order chi connectivity index (χ0) is 13.0. The van der Waals surface area contributed by atoms with Gasteiger partial charge in [-0.1, -0.05) is 48.5 Å². The molecule has 0 aliphatic carbocycles. The summed E-state index contributed by atoms with van der Waals surface area (Å²) in [5, 5.41) is 0.103. The van der Waals surface area contributed by atoms with E-state index < -0.39 is 0 Å². The average molecular weight is 259 g/mol. The van der Waals surface area contributed by atoms with Crippen LogP contribution in [0.4, 0.5) is 0 Å². The minimum Gasteiger partial charge on any atom is -0.118 e. The van der Waals surface area contributed by atoms with Crippen LogP contribution in [0, 0.1) is 13.8 Å². The lowest BCUT2D eigenvalue weighted by molar-refractivity contribution is 0.789. The standard InChI is InChI=1S/C17H19Cl/c1-13-7-6-10-15(14(13)2)11-12-17(18)16-8-4-3-5-9-16/h3-10,17H,11-12H2,1-2H3. The maximum atomic E-state index is 6.45. The highest BCUT2D eigenvalue weighted by Gasteiger charge is 2.08. The van der Waals surface area contributed by atoms with Crippen LogP contribution in [0.15, 0.2) is 48.5 Å². The minimum atomic E-state index is 0.103. The van der Waals surface area contributed by atoms with Crippen LogP contribution in [0.5, 0.6) is 0 Å². The van der Waals surface area contributed by atoms with Crippen molar-refractivity contribution in [2.24, 2.45) is 0 Å². The van der Waals surface area contributed by atoms with Crippen molar-refractivity contribution < 1.29 is 0 Å². The molecule has 2 aromatic rings. The molecule has 0 saturated carbocycles. The van der Waals surface area contributed by atoms with Gasteiger partial charge in [0, 0.05) is 0 Å². The van der Waals surface area contributed by atoms with Gasteiger partial charge in [-0.25, -0.2) is 0 Å². The number of rotatable bonds is 4. The summed E-state index contributed by atoms with van der Waals surface area (Å²) in [6.07, 6.45) is 2.02. The Morgan fingerprint density at radius 1 is 0.944 bits per heavy atom. The molecule has 0 radical (unpaired) electrons. The van der Waals surface area contributed by atoms with Crippen LogP contribution in [0.1, 0.15) is 34.1 Å². The molecule has 0 bridgehead atoms. The lowest BCUT2D eigenvalue weighted by atomic mass is 9.97. The van der Waals surface area contributed by atoms with Crippen LogP contribution in [0.3, 0.4) is 0 Å². The van der Waals surface area contributed by atoms with Gasteiger partial charge in [-0.15, -0.1) is 11.6 Å². The third-order valence-corrected chi connectivity index (χ3v) is 4.02. The highest BCUT2D eigenvalue weighted by Crippen LogP contribution is 2.26. The van der Waals surface area contributed by atoms with Crippen molar-refractivity contribution in [2.45, 2.75) is 32.1 Å². The van der Waals surface area contributed by atoms with E-state index in [2.05, 4.69) is 44.2 Å². The zero-order valence-electron chi connectivity index (χ0n) is 11.0. The molecule has 0 aromatic heterocycles. The number of benzene rings is 2. The van der Waals surface area contributed by atoms with Crippen molar-refractivity contribution in [1.29, 1.82) is 0 Å². The fraction of sp³-hybridized carbons (Fsp3) is 0.294. The number of aryl methyl sites for hydroxylation is 2. The quantitative estimate of drug-likeness (QED) is 0.660. The molecule has 1 heteroatoms. The highest BCUT2D eigenvalue weighted by atomic mass is 35.5. The fourth-order valence-electron chi connectivity index (χ4n) is 2.19. The predicted molar refractivity (Wildman–Crippen MR) is 79.3 cm³/mol. The first-order valence-electron chi connectivity index (χ1n) is 6.42. The molecule has 18 heavy (non-hydrogen) atoms. The number of alkyl halides is 1. The molecule has 0 saturated heterocycles. The van der Waals surface area contributed by atoms with Crippen LogP contribution in [0.2, 0.25) is 0 Å². The van der Waals surface area contributed by atoms with Gasteiger partial charge in [0.15, 0.2) is 0 Å². The SMILES string of the molecule is Cc1cccc(CCC(Cl)c2ccccc2)c1C. The van der Waals surface area contributed by atoms with Gasteiger partial charge in [-0.05, 0) is 48.9 Å². The Morgan fingerprint density at radius 2 is 1.67 bits per heavy atom. The molecule has 1 atom stereocenters. The Bertz CT molecular complexity index is 502. The third-order valence-electron chi connectivity index (χ3n) is 3.55. The van der Waals surface area contributed by atoms with Gasteiger partial charge in [0.2, 0.25) is 0 Å². The van der Waals surface area contributed by atoms with E-state index in [4.69, 9.17) is 11.6 Å². The molecular weight excluding hydrogens is 240 g/mol. The van der Waals surface area contributed by atoms with Crippen molar-refractivity contribution in [2.75, 3.05) is 0 Å². The molecule has 0 aliphatic rings. The summed E-state index contributed by atoms with van der Waals surface area (Å²) < 4.78 is 0. The number of hydrogen-bond donors (Lipinski definition) is 0. The van der Waals surface area contributed by atoms with E-state index in [-0.39, 0.29) is 5.38 Å². The first-order valence-corrected chi connectivity index (χ1v) is 6.86. The van der Waals surface area contributed by atoms with E-state index in [0.717, 1.165) is 12.8 Å².